The van der Waals surface area contributed by atoms with Crippen molar-refractivity contribution in [3.05, 3.63) is 102 Å². The fourth-order valence-corrected chi connectivity index (χ4v) is 4.76. The predicted octanol–water partition coefficient (Wildman–Crippen LogP) is 5.47. The number of anilines is 1. The lowest BCUT2D eigenvalue weighted by Gasteiger charge is -2.28. The minimum absolute atomic E-state index is 0.774. The first-order valence-corrected chi connectivity index (χ1v) is 12.4. The summed E-state index contributed by atoms with van der Waals surface area (Å²) < 4.78 is 7.38. The number of ether oxygens (including phenoxy) is 1. The highest BCUT2D eigenvalue weighted by atomic mass is 16.5. The summed E-state index contributed by atoms with van der Waals surface area (Å²) in [5.74, 6) is 0.878. The summed E-state index contributed by atoms with van der Waals surface area (Å²) in [6.45, 7) is 4.80. The molecular formula is C29H33N5O. The zero-order valence-corrected chi connectivity index (χ0v) is 20.4. The quantitative estimate of drug-likeness (QED) is 0.327. The lowest BCUT2D eigenvalue weighted by molar-refractivity contribution is 0.218. The first kappa shape index (κ1) is 23.1. The van der Waals surface area contributed by atoms with Crippen LogP contribution >= 0.6 is 0 Å². The van der Waals surface area contributed by atoms with Crippen LogP contribution in [-0.4, -0.2) is 39.9 Å². The first-order chi connectivity index (χ1) is 17.3. The number of aromatic nitrogens is 3. The van der Waals surface area contributed by atoms with E-state index in [1.54, 1.807) is 7.11 Å². The van der Waals surface area contributed by atoms with Gasteiger partial charge >= 0.3 is 0 Å². The number of nitrogens with zero attached hydrogens (tertiary/aromatic N) is 5. The number of hydrogen-bond donors (Lipinski definition) is 0. The van der Waals surface area contributed by atoms with Crippen molar-refractivity contribution >= 4 is 5.69 Å². The molecule has 4 aromatic rings. The molecule has 0 N–H and O–H groups in total. The summed E-state index contributed by atoms with van der Waals surface area (Å²) in [5.41, 5.74) is 5.82. The molecule has 0 spiro atoms. The fraction of sp³-hybridized carbons (Fsp3) is 0.310. The van der Waals surface area contributed by atoms with Gasteiger partial charge < -0.3 is 9.64 Å². The Bertz CT molecular complexity index is 1220. The number of hydrogen-bond acceptors (Lipinski definition) is 5. The van der Waals surface area contributed by atoms with Crippen molar-refractivity contribution in [1.29, 1.82) is 0 Å². The van der Waals surface area contributed by atoms with Gasteiger partial charge in [-0.1, -0.05) is 30.7 Å². The van der Waals surface area contributed by atoms with Crippen molar-refractivity contribution in [2.45, 2.75) is 38.9 Å². The molecule has 0 bridgehead atoms. The van der Waals surface area contributed by atoms with Crippen molar-refractivity contribution < 1.29 is 4.74 Å². The van der Waals surface area contributed by atoms with Crippen molar-refractivity contribution in [3.8, 4) is 11.4 Å². The van der Waals surface area contributed by atoms with Crippen molar-refractivity contribution in [2.75, 3.05) is 25.1 Å². The van der Waals surface area contributed by atoms with Crippen LogP contribution in [-0.2, 0) is 19.6 Å². The molecule has 6 heteroatoms. The van der Waals surface area contributed by atoms with E-state index in [2.05, 4.69) is 69.5 Å². The molecule has 2 aromatic heterocycles. The Morgan fingerprint density at radius 2 is 1.66 bits per heavy atom. The second-order valence-electron chi connectivity index (χ2n) is 9.17. The first-order valence-electron chi connectivity index (χ1n) is 12.4. The van der Waals surface area contributed by atoms with Gasteiger partial charge in [-0.2, -0.15) is 5.10 Å². The molecular weight excluding hydrogens is 434 g/mol. The maximum Gasteiger partial charge on any atom is 0.119 e. The van der Waals surface area contributed by atoms with Gasteiger partial charge in [0.1, 0.15) is 5.75 Å². The van der Waals surface area contributed by atoms with E-state index in [0.29, 0.717) is 0 Å². The third-order valence-electron chi connectivity index (χ3n) is 6.56. The van der Waals surface area contributed by atoms with Crippen molar-refractivity contribution in [2.24, 2.45) is 0 Å². The van der Waals surface area contributed by atoms with Crippen LogP contribution in [0.25, 0.3) is 5.69 Å². The number of methoxy groups -OCH3 is 1. The Kier molecular flexibility index (Phi) is 7.39. The lowest BCUT2D eigenvalue weighted by Crippen LogP contribution is -2.29. The number of likely N-dealkylation sites (tertiary alicyclic amines) is 1. The number of rotatable bonds is 9. The highest BCUT2D eigenvalue weighted by Crippen LogP contribution is 2.24. The van der Waals surface area contributed by atoms with Gasteiger partial charge in [0.25, 0.3) is 0 Å². The van der Waals surface area contributed by atoms with E-state index in [0.717, 1.165) is 36.8 Å². The van der Waals surface area contributed by atoms with Gasteiger partial charge in [0, 0.05) is 43.9 Å². The summed E-state index contributed by atoms with van der Waals surface area (Å²) in [4.78, 5) is 9.64. The van der Waals surface area contributed by atoms with E-state index in [9.17, 15) is 0 Å². The second-order valence-corrected chi connectivity index (χ2v) is 9.17. The Morgan fingerprint density at radius 1 is 0.857 bits per heavy atom. The summed E-state index contributed by atoms with van der Waals surface area (Å²) in [7, 11) is 1.72. The fourth-order valence-electron chi connectivity index (χ4n) is 4.76. The molecule has 3 heterocycles. The standard InChI is InChI=1S/C29H33N5O/c1-35-29-11-6-9-25(19-29)22-33(21-24-8-5-10-28(18-24)34-17-7-13-31-34)27-12-14-30-26(20-27)23-32-15-3-2-4-16-32/h5-14,17-20H,2-4,15-16,21-23H2,1H3. The van der Waals surface area contributed by atoms with Gasteiger partial charge in [-0.25, -0.2) is 4.68 Å². The van der Waals surface area contributed by atoms with Crippen LogP contribution in [0.4, 0.5) is 5.69 Å². The summed E-state index contributed by atoms with van der Waals surface area (Å²) in [6, 6.07) is 23.2. The summed E-state index contributed by atoms with van der Waals surface area (Å²) in [6.07, 6.45) is 9.65. The summed E-state index contributed by atoms with van der Waals surface area (Å²) >= 11 is 0. The topological polar surface area (TPSA) is 46.4 Å². The lowest BCUT2D eigenvalue weighted by atomic mass is 10.1. The van der Waals surface area contributed by atoms with Crippen LogP contribution in [0.1, 0.15) is 36.1 Å². The molecule has 1 aliphatic rings. The molecule has 6 nitrogen and oxygen atoms in total. The van der Waals surface area contributed by atoms with Crippen molar-refractivity contribution in [1.82, 2.24) is 19.7 Å². The zero-order valence-electron chi connectivity index (χ0n) is 20.4. The van der Waals surface area contributed by atoms with Crippen LogP contribution in [0.5, 0.6) is 5.75 Å². The average molecular weight is 468 g/mol. The molecule has 5 rings (SSSR count). The maximum atomic E-state index is 5.48. The monoisotopic (exact) mass is 467 g/mol. The summed E-state index contributed by atoms with van der Waals surface area (Å²) in [5, 5.41) is 4.40. The van der Waals surface area contributed by atoms with Crippen LogP contribution in [0.15, 0.2) is 85.3 Å². The SMILES string of the molecule is COc1cccc(CN(Cc2cccc(-n3cccn3)c2)c2ccnc(CN3CCCCC3)c2)c1. The third kappa shape index (κ3) is 6.08. The third-order valence-corrected chi connectivity index (χ3v) is 6.56. The van der Waals surface area contributed by atoms with E-state index in [1.807, 2.05) is 35.4 Å². The largest absolute Gasteiger partial charge is 0.497 e. The van der Waals surface area contributed by atoms with Crippen LogP contribution in [0.2, 0.25) is 0 Å². The van der Waals surface area contributed by atoms with Gasteiger partial charge in [0.15, 0.2) is 0 Å². The van der Waals surface area contributed by atoms with E-state index < -0.39 is 0 Å². The maximum absolute atomic E-state index is 5.48. The second kappa shape index (κ2) is 11.2. The highest BCUT2D eigenvalue weighted by molar-refractivity contribution is 5.49. The molecule has 0 radical (unpaired) electrons. The van der Waals surface area contributed by atoms with Crippen LogP contribution < -0.4 is 9.64 Å². The Morgan fingerprint density at radius 3 is 2.43 bits per heavy atom. The zero-order chi connectivity index (χ0) is 23.9. The molecule has 1 fully saturated rings. The highest BCUT2D eigenvalue weighted by Gasteiger charge is 2.14. The predicted molar refractivity (Wildman–Crippen MR) is 140 cm³/mol. The Balaban J connectivity index is 1.42. The van der Waals surface area contributed by atoms with E-state index in [1.165, 1.54) is 49.2 Å². The number of piperidine rings is 1. The van der Waals surface area contributed by atoms with Gasteiger partial charge in [0.05, 0.1) is 18.5 Å². The van der Waals surface area contributed by atoms with Crippen LogP contribution in [0.3, 0.4) is 0 Å². The Hall–Kier alpha value is -3.64. The van der Waals surface area contributed by atoms with Gasteiger partial charge in [0.2, 0.25) is 0 Å². The number of pyridine rings is 1. The minimum Gasteiger partial charge on any atom is -0.497 e. The van der Waals surface area contributed by atoms with Gasteiger partial charge in [-0.15, -0.1) is 0 Å². The molecule has 0 amide bonds. The molecule has 0 aliphatic carbocycles. The number of benzene rings is 2. The minimum atomic E-state index is 0.774. The molecule has 0 unspecified atom stereocenters. The van der Waals surface area contributed by atoms with Gasteiger partial charge in [-0.3, -0.25) is 9.88 Å². The van der Waals surface area contributed by atoms with E-state index in [-0.39, 0.29) is 0 Å². The molecule has 2 aromatic carbocycles. The molecule has 1 saturated heterocycles. The smallest absolute Gasteiger partial charge is 0.119 e. The molecule has 35 heavy (non-hydrogen) atoms. The van der Waals surface area contributed by atoms with Crippen molar-refractivity contribution in [3.63, 3.8) is 0 Å². The normalized spacial score (nSPS) is 14.1. The van der Waals surface area contributed by atoms with E-state index >= 15 is 0 Å². The Labute approximate surface area is 207 Å². The van der Waals surface area contributed by atoms with E-state index in [4.69, 9.17) is 9.72 Å². The van der Waals surface area contributed by atoms with Gasteiger partial charge in [-0.05, 0) is 79.5 Å². The molecule has 0 atom stereocenters. The molecule has 180 valence electrons. The van der Waals surface area contributed by atoms with Crippen LogP contribution in [0, 0.1) is 0 Å². The molecule has 0 saturated carbocycles. The average Bonchev–Trinajstić information content (AvgIpc) is 3.45. The molecule has 1 aliphatic heterocycles.